The molecule has 2 heterocycles. The summed E-state index contributed by atoms with van der Waals surface area (Å²) in [4.78, 5) is 31.3. The predicted octanol–water partition coefficient (Wildman–Crippen LogP) is 2.75. The fourth-order valence-corrected chi connectivity index (χ4v) is 3.87. The Kier molecular flexibility index (Phi) is 6.20. The Morgan fingerprint density at radius 3 is 1.96 bits per heavy atom. The molecule has 0 spiro atoms. The molecule has 3 rings (SSSR count). The fraction of sp³-hybridized carbons (Fsp3) is 0.636. The minimum absolute atomic E-state index is 0.0691. The van der Waals surface area contributed by atoms with E-state index in [1.165, 1.54) is 18.4 Å². The van der Waals surface area contributed by atoms with Crippen LogP contribution in [0.5, 0.6) is 0 Å². The summed E-state index contributed by atoms with van der Waals surface area (Å²) in [7, 11) is 0. The number of rotatable bonds is 4. The molecule has 1 aromatic rings. The van der Waals surface area contributed by atoms with Crippen LogP contribution < -0.4 is 0 Å². The van der Waals surface area contributed by atoms with Gasteiger partial charge in [0, 0.05) is 44.7 Å². The lowest BCUT2D eigenvalue weighted by Gasteiger charge is -2.35. The van der Waals surface area contributed by atoms with Crippen LogP contribution in [0.2, 0.25) is 0 Å². The van der Waals surface area contributed by atoms with Crippen LogP contribution in [0.4, 0.5) is 0 Å². The fourth-order valence-electron chi connectivity index (χ4n) is 3.87. The molecule has 2 amide bonds. The van der Waals surface area contributed by atoms with E-state index in [1.54, 1.807) is 0 Å². The van der Waals surface area contributed by atoms with Gasteiger partial charge in [0.15, 0.2) is 0 Å². The van der Waals surface area contributed by atoms with Gasteiger partial charge < -0.3 is 14.7 Å². The number of piperazine rings is 1. The van der Waals surface area contributed by atoms with E-state index in [9.17, 15) is 9.59 Å². The Labute approximate surface area is 163 Å². The zero-order valence-electron chi connectivity index (χ0n) is 17.0. The molecule has 2 aliphatic heterocycles. The van der Waals surface area contributed by atoms with Crippen LogP contribution >= 0.6 is 0 Å². The van der Waals surface area contributed by atoms with E-state index in [0.717, 1.165) is 25.2 Å². The predicted molar refractivity (Wildman–Crippen MR) is 108 cm³/mol. The lowest BCUT2D eigenvalue weighted by Crippen LogP contribution is -2.51. The summed E-state index contributed by atoms with van der Waals surface area (Å²) in [5.41, 5.74) is 2.05. The lowest BCUT2D eigenvalue weighted by molar-refractivity contribution is -0.133. The highest BCUT2D eigenvalue weighted by Crippen LogP contribution is 2.22. The Morgan fingerprint density at radius 2 is 1.41 bits per heavy atom. The van der Waals surface area contributed by atoms with Crippen LogP contribution in [0.3, 0.4) is 0 Å². The van der Waals surface area contributed by atoms with Crippen molar-refractivity contribution in [2.45, 2.75) is 45.4 Å². The number of carbonyl (C=O) groups excluding carboxylic acids is 2. The largest absolute Gasteiger partial charge is 0.339 e. The van der Waals surface area contributed by atoms with E-state index >= 15 is 0 Å². The highest BCUT2D eigenvalue weighted by molar-refractivity contribution is 5.94. The van der Waals surface area contributed by atoms with Crippen LogP contribution in [0.25, 0.3) is 0 Å². The standard InChI is InChI=1S/C22H33N3O2/c1-22(2,3)19-8-6-18(7-9-19)21(27)25-16-14-24(15-17-25)20(26)10-13-23-11-4-5-12-23/h6-9H,4-5,10-17H2,1-3H3. The number of hydrogen-bond acceptors (Lipinski definition) is 3. The zero-order chi connectivity index (χ0) is 19.4. The summed E-state index contributed by atoms with van der Waals surface area (Å²) >= 11 is 0. The van der Waals surface area contributed by atoms with Gasteiger partial charge >= 0.3 is 0 Å². The minimum Gasteiger partial charge on any atom is -0.339 e. The van der Waals surface area contributed by atoms with Gasteiger partial charge in [0.05, 0.1) is 0 Å². The number of amides is 2. The molecule has 5 nitrogen and oxygen atoms in total. The smallest absolute Gasteiger partial charge is 0.253 e. The second kappa shape index (κ2) is 8.42. The topological polar surface area (TPSA) is 43.9 Å². The minimum atomic E-state index is 0.0691. The Bertz CT molecular complexity index is 649. The van der Waals surface area contributed by atoms with E-state index in [2.05, 4.69) is 25.7 Å². The van der Waals surface area contributed by atoms with Crippen molar-refractivity contribution in [3.05, 3.63) is 35.4 Å². The van der Waals surface area contributed by atoms with Crippen molar-refractivity contribution in [2.24, 2.45) is 0 Å². The second-order valence-corrected chi connectivity index (χ2v) is 8.80. The van der Waals surface area contributed by atoms with E-state index in [0.29, 0.717) is 32.6 Å². The molecule has 0 radical (unpaired) electrons. The first kappa shape index (κ1) is 19.9. The number of hydrogen-bond donors (Lipinski definition) is 0. The van der Waals surface area contributed by atoms with Crippen molar-refractivity contribution in [1.29, 1.82) is 0 Å². The SMILES string of the molecule is CC(C)(C)c1ccc(C(=O)N2CCN(C(=O)CCN3CCCC3)CC2)cc1. The van der Waals surface area contributed by atoms with Crippen LogP contribution in [0, 0.1) is 0 Å². The van der Waals surface area contributed by atoms with Crippen LogP contribution in [0.1, 0.15) is 56.0 Å². The van der Waals surface area contributed by atoms with E-state index in [1.807, 2.05) is 34.1 Å². The maximum Gasteiger partial charge on any atom is 0.253 e. The molecule has 2 fully saturated rings. The van der Waals surface area contributed by atoms with Crippen LogP contribution in [-0.2, 0) is 10.2 Å². The summed E-state index contributed by atoms with van der Waals surface area (Å²) < 4.78 is 0. The summed E-state index contributed by atoms with van der Waals surface area (Å²) in [5, 5.41) is 0. The molecule has 1 aromatic carbocycles. The van der Waals surface area contributed by atoms with E-state index in [-0.39, 0.29) is 17.2 Å². The van der Waals surface area contributed by atoms with Gasteiger partial charge in [0.1, 0.15) is 0 Å². The maximum atomic E-state index is 12.8. The summed E-state index contributed by atoms with van der Waals surface area (Å²) in [6.45, 7) is 12.2. The number of benzene rings is 1. The molecule has 0 unspecified atom stereocenters. The number of likely N-dealkylation sites (tertiary alicyclic amines) is 1. The first-order valence-corrected chi connectivity index (χ1v) is 10.2. The molecule has 2 saturated heterocycles. The first-order valence-electron chi connectivity index (χ1n) is 10.2. The monoisotopic (exact) mass is 371 g/mol. The molecule has 0 aliphatic carbocycles. The quantitative estimate of drug-likeness (QED) is 0.817. The maximum absolute atomic E-state index is 12.8. The van der Waals surface area contributed by atoms with Gasteiger partial charge in [-0.25, -0.2) is 0 Å². The summed E-state index contributed by atoms with van der Waals surface area (Å²) in [6.07, 6.45) is 3.11. The van der Waals surface area contributed by atoms with Gasteiger partial charge in [-0.1, -0.05) is 32.9 Å². The molecule has 0 bridgehead atoms. The van der Waals surface area contributed by atoms with Crippen molar-refractivity contribution in [3.8, 4) is 0 Å². The van der Waals surface area contributed by atoms with Crippen molar-refractivity contribution in [2.75, 3.05) is 45.8 Å². The Balaban J connectivity index is 1.48. The van der Waals surface area contributed by atoms with Crippen molar-refractivity contribution < 1.29 is 9.59 Å². The highest BCUT2D eigenvalue weighted by Gasteiger charge is 2.25. The number of carbonyl (C=O) groups is 2. The molecule has 148 valence electrons. The normalized spacial score (nSPS) is 18.8. The van der Waals surface area contributed by atoms with Gasteiger partial charge in [-0.2, -0.15) is 0 Å². The Hall–Kier alpha value is -1.88. The van der Waals surface area contributed by atoms with Gasteiger partial charge in [-0.3, -0.25) is 9.59 Å². The van der Waals surface area contributed by atoms with Crippen molar-refractivity contribution >= 4 is 11.8 Å². The first-order chi connectivity index (χ1) is 12.8. The molecule has 5 heteroatoms. The third kappa shape index (κ3) is 5.10. The van der Waals surface area contributed by atoms with Gasteiger partial charge in [0.25, 0.3) is 5.91 Å². The molecule has 0 aromatic heterocycles. The van der Waals surface area contributed by atoms with E-state index < -0.39 is 0 Å². The van der Waals surface area contributed by atoms with Gasteiger partial charge in [0.2, 0.25) is 5.91 Å². The molecule has 27 heavy (non-hydrogen) atoms. The highest BCUT2D eigenvalue weighted by atomic mass is 16.2. The summed E-state index contributed by atoms with van der Waals surface area (Å²) in [6, 6.07) is 7.95. The molecule has 0 N–H and O–H groups in total. The average molecular weight is 372 g/mol. The molecule has 0 saturated carbocycles. The van der Waals surface area contributed by atoms with Gasteiger partial charge in [-0.15, -0.1) is 0 Å². The molecule has 2 aliphatic rings. The van der Waals surface area contributed by atoms with Gasteiger partial charge in [-0.05, 0) is 49.0 Å². The molecular formula is C22H33N3O2. The van der Waals surface area contributed by atoms with Crippen LogP contribution in [-0.4, -0.2) is 72.3 Å². The average Bonchev–Trinajstić information content (AvgIpc) is 3.19. The third-order valence-electron chi connectivity index (χ3n) is 5.76. The lowest BCUT2D eigenvalue weighted by atomic mass is 9.86. The molecular weight excluding hydrogens is 338 g/mol. The number of nitrogens with zero attached hydrogens (tertiary/aromatic N) is 3. The third-order valence-corrected chi connectivity index (χ3v) is 5.76. The Morgan fingerprint density at radius 1 is 0.852 bits per heavy atom. The zero-order valence-corrected chi connectivity index (χ0v) is 17.0. The van der Waals surface area contributed by atoms with Crippen molar-refractivity contribution in [3.63, 3.8) is 0 Å². The van der Waals surface area contributed by atoms with E-state index in [4.69, 9.17) is 0 Å². The van der Waals surface area contributed by atoms with Crippen molar-refractivity contribution in [1.82, 2.24) is 14.7 Å². The summed E-state index contributed by atoms with van der Waals surface area (Å²) in [5.74, 6) is 0.295. The second-order valence-electron chi connectivity index (χ2n) is 8.80. The van der Waals surface area contributed by atoms with Crippen LogP contribution in [0.15, 0.2) is 24.3 Å². The molecule has 0 atom stereocenters.